The molecule has 128 valence electrons. The molecule has 2 N–H and O–H groups in total. The molecule has 0 radical (unpaired) electrons. The predicted molar refractivity (Wildman–Crippen MR) is 94.5 cm³/mol. The summed E-state index contributed by atoms with van der Waals surface area (Å²) in [7, 11) is 1.51. The van der Waals surface area contributed by atoms with Crippen LogP contribution in [0.3, 0.4) is 0 Å². The second kappa shape index (κ2) is 7.04. The van der Waals surface area contributed by atoms with Gasteiger partial charge in [0.05, 0.1) is 4.90 Å². The first-order valence-electron chi connectivity index (χ1n) is 7.07. The number of hydrogen-bond acceptors (Lipinski definition) is 6. The van der Waals surface area contributed by atoms with E-state index in [2.05, 4.69) is 20.6 Å². The lowest BCUT2D eigenvalue weighted by Crippen LogP contribution is -2.00. The predicted octanol–water partition coefficient (Wildman–Crippen LogP) is 4.03. The number of halogens is 2. The van der Waals surface area contributed by atoms with E-state index in [4.69, 9.17) is 10.7 Å². The molecule has 0 aliphatic rings. The maximum atomic E-state index is 13.2. The number of nitrogens with one attached hydrogen (secondary N) is 2. The molecule has 1 aromatic heterocycles. The van der Waals surface area contributed by atoms with Crippen molar-refractivity contribution in [2.45, 2.75) is 4.90 Å². The average molecular weight is 379 g/mol. The van der Waals surface area contributed by atoms with Gasteiger partial charge in [0.15, 0.2) is 0 Å². The van der Waals surface area contributed by atoms with Crippen LogP contribution in [0, 0.1) is 5.82 Å². The molecule has 0 fully saturated rings. The van der Waals surface area contributed by atoms with Crippen LogP contribution in [-0.4, -0.2) is 18.4 Å². The smallest absolute Gasteiger partial charge is 0.261 e. The van der Waals surface area contributed by atoms with Crippen molar-refractivity contribution in [3.8, 4) is 0 Å². The molecule has 3 rings (SSSR count). The topological polar surface area (TPSA) is 84.0 Å². The van der Waals surface area contributed by atoms with E-state index in [1.165, 1.54) is 30.5 Å². The molecule has 25 heavy (non-hydrogen) atoms. The normalized spacial score (nSPS) is 11.1. The second-order valence-electron chi connectivity index (χ2n) is 4.99. The minimum Gasteiger partial charge on any atom is -0.340 e. The number of nitrogens with zero attached hydrogens (tertiary/aromatic N) is 2. The van der Waals surface area contributed by atoms with Crippen LogP contribution in [0.5, 0.6) is 0 Å². The van der Waals surface area contributed by atoms with Crippen LogP contribution < -0.4 is 10.6 Å². The van der Waals surface area contributed by atoms with Gasteiger partial charge >= 0.3 is 0 Å². The van der Waals surface area contributed by atoms with Gasteiger partial charge in [0.1, 0.15) is 11.6 Å². The lowest BCUT2D eigenvalue weighted by molar-refractivity contribution is 0.609. The summed E-state index contributed by atoms with van der Waals surface area (Å²) in [6, 6.07) is 13.5. The van der Waals surface area contributed by atoms with E-state index < -0.39 is 9.05 Å². The van der Waals surface area contributed by atoms with E-state index >= 15 is 0 Å². The van der Waals surface area contributed by atoms with Crippen LogP contribution in [0.15, 0.2) is 65.7 Å². The van der Waals surface area contributed by atoms with Crippen molar-refractivity contribution in [1.82, 2.24) is 9.97 Å². The zero-order valence-electron chi connectivity index (χ0n) is 12.6. The van der Waals surface area contributed by atoms with Gasteiger partial charge in [-0.2, -0.15) is 4.98 Å². The number of benzene rings is 2. The van der Waals surface area contributed by atoms with Crippen LogP contribution in [-0.2, 0) is 9.05 Å². The molecule has 0 saturated heterocycles. The van der Waals surface area contributed by atoms with E-state index in [0.29, 0.717) is 23.1 Å². The van der Waals surface area contributed by atoms with Crippen molar-refractivity contribution in [3.63, 3.8) is 0 Å². The average Bonchev–Trinajstić information content (AvgIpc) is 2.55. The van der Waals surface area contributed by atoms with Crippen LogP contribution in [0.1, 0.15) is 0 Å². The van der Waals surface area contributed by atoms with Crippen molar-refractivity contribution >= 4 is 42.9 Å². The van der Waals surface area contributed by atoms with Gasteiger partial charge in [0.2, 0.25) is 5.95 Å². The summed E-state index contributed by atoms with van der Waals surface area (Å²) >= 11 is 0. The van der Waals surface area contributed by atoms with Crippen LogP contribution in [0.25, 0.3) is 0 Å². The van der Waals surface area contributed by atoms with E-state index in [1.54, 1.807) is 30.3 Å². The fourth-order valence-corrected chi connectivity index (χ4v) is 2.80. The minimum absolute atomic E-state index is 0.00200. The Morgan fingerprint density at radius 2 is 1.72 bits per heavy atom. The molecule has 0 saturated carbocycles. The third-order valence-electron chi connectivity index (χ3n) is 3.14. The van der Waals surface area contributed by atoms with Gasteiger partial charge in [0.25, 0.3) is 9.05 Å². The maximum absolute atomic E-state index is 13.2. The first-order chi connectivity index (χ1) is 11.9. The minimum atomic E-state index is -3.76. The summed E-state index contributed by atoms with van der Waals surface area (Å²) in [5.74, 6) is 0.415. The molecule has 0 unspecified atom stereocenters. The summed E-state index contributed by atoms with van der Waals surface area (Å²) in [5.41, 5.74) is 1.15. The van der Waals surface area contributed by atoms with Crippen molar-refractivity contribution in [2.24, 2.45) is 0 Å². The highest BCUT2D eigenvalue weighted by molar-refractivity contribution is 8.13. The van der Waals surface area contributed by atoms with Gasteiger partial charge in [-0.05, 0) is 48.5 Å². The molecule has 0 aliphatic carbocycles. The summed E-state index contributed by atoms with van der Waals surface area (Å²) < 4.78 is 35.7. The number of rotatable bonds is 5. The van der Waals surface area contributed by atoms with Gasteiger partial charge in [-0.25, -0.2) is 17.8 Å². The lowest BCUT2D eigenvalue weighted by atomic mass is 10.3. The van der Waals surface area contributed by atoms with E-state index in [0.717, 1.165) is 0 Å². The SMILES string of the molecule is O=S(=O)(Cl)c1ccc(Nc2nccc(Nc3cccc(F)c3)n2)cc1. The third kappa shape index (κ3) is 4.65. The van der Waals surface area contributed by atoms with Gasteiger partial charge in [0, 0.05) is 28.3 Å². The molecule has 0 amide bonds. The van der Waals surface area contributed by atoms with E-state index in [1.807, 2.05) is 0 Å². The van der Waals surface area contributed by atoms with Gasteiger partial charge in [-0.3, -0.25) is 0 Å². The largest absolute Gasteiger partial charge is 0.340 e. The molecule has 6 nitrogen and oxygen atoms in total. The Morgan fingerprint density at radius 1 is 0.960 bits per heavy atom. The molecule has 0 bridgehead atoms. The summed E-state index contributed by atoms with van der Waals surface area (Å²) in [4.78, 5) is 8.35. The van der Waals surface area contributed by atoms with Gasteiger partial charge in [-0.15, -0.1) is 0 Å². The highest BCUT2D eigenvalue weighted by atomic mass is 35.7. The van der Waals surface area contributed by atoms with Crippen LogP contribution >= 0.6 is 10.7 Å². The fraction of sp³-hybridized carbons (Fsp3) is 0. The Balaban J connectivity index is 1.75. The Hall–Kier alpha value is -2.71. The Bertz CT molecular complexity index is 997. The first-order valence-corrected chi connectivity index (χ1v) is 9.38. The van der Waals surface area contributed by atoms with E-state index in [9.17, 15) is 12.8 Å². The second-order valence-corrected chi connectivity index (χ2v) is 7.55. The molecule has 9 heteroatoms. The van der Waals surface area contributed by atoms with Crippen molar-refractivity contribution in [3.05, 3.63) is 66.6 Å². The Labute approximate surface area is 148 Å². The monoisotopic (exact) mass is 378 g/mol. The zero-order chi connectivity index (χ0) is 17.9. The molecule has 0 aliphatic heterocycles. The summed E-state index contributed by atoms with van der Waals surface area (Å²) in [6.45, 7) is 0. The molecule has 0 atom stereocenters. The maximum Gasteiger partial charge on any atom is 0.261 e. The number of anilines is 4. The van der Waals surface area contributed by atoms with Crippen molar-refractivity contribution in [2.75, 3.05) is 10.6 Å². The lowest BCUT2D eigenvalue weighted by Gasteiger charge is -2.08. The van der Waals surface area contributed by atoms with Crippen LogP contribution in [0.4, 0.5) is 27.5 Å². The van der Waals surface area contributed by atoms with Gasteiger partial charge in [-0.1, -0.05) is 6.07 Å². The van der Waals surface area contributed by atoms with Crippen molar-refractivity contribution < 1.29 is 12.8 Å². The Kier molecular flexibility index (Phi) is 4.82. The highest BCUT2D eigenvalue weighted by Gasteiger charge is 2.09. The molecule has 0 spiro atoms. The molecular formula is C16H12ClFN4O2S. The standard InChI is InChI=1S/C16H12ClFN4O2S/c17-25(23,24)14-6-4-12(5-7-14)21-16-19-9-8-15(22-16)20-13-3-1-2-11(18)10-13/h1-10H,(H2,19,20,21,22). The molecule has 3 aromatic rings. The summed E-state index contributed by atoms with van der Waals surface area (Å²) in [5, 5.41) is 5.92. The van der Waals surface area contributed by atoms with Gasteiger partial charge < -0.3 is 10.6 Å². The third-order valence-corrected chi connectivity index (χ3v) is 4.51. The zero-order valence-corrected chi connectivity index (χ0v) is 14.2. The fourth-order valence-electron chi connectivity index (χ4n) is 2.03. The number of hydrogen-bond donors (Lipinski definition) is 2. The highest BCUT2D eigenvalue weighted by Crippen LogP contribution is 2.21. The quantitative estimate of drug-likeness (QED) is 0.652. The van der Waals surface area contributed by atoms with Crippen molar-refractivity contribution in [1.29, 1.82) is 0 Å². The van der Waals surface area contributed by atoms with E-state index in [-0.39, 0.29) is 10.7 Å². The molecular weight excluding hydrogens is 367 g/mol. The first kappa shape index (κ1) is 17.1. The Morgan fingerprint density at radius 3 is 2.40 bits per heavy atom. The molecule has 2 aromatic carbocycles. The van der Waals surface area contributed by atoms with Crippen LogP contribution in [0.2, 0.25) is 0 Å². The summed E-state index contributed by atoms with van der Waals surface area (Å²) in [6.07, 6.45) is 1.54. The molecule has 1 heterocycles. The number of aromatic nitrogens is 2.